The number of halogens is 3. The van der Waals surface area contributed by atoms with Crippen molar-refractivity contribution in [2.45, 2.75) is 18.6 Å². The second-order valence-corrected chi connectivity index (χ2v) is 6.22. The number of hydrogen-bond acceptors (Lipinski definition) is 5. The number of nitrogens with two attached hydrogens (primary N) is 1. The molecule has 0 aliphatic heterocycles. The summed E-state index contributed by atoms with van der Waals surface area (Å²) in [6, 6.07) is 12.8. The van der Waals surface area contributed by atoms with Crippen molar-refractivity contribution >= 4 is 17.6 Å². The van der Waals surface area contributed by atoms with Crippen LogP contribution in [0.25, 0.3) is 0 Å². The topological polar surface area (TPSA) is 103 Å². The van der Waals surface area contributed by atoms with Crippen LogP contribution in [0.5, 0.6) is 0 Å². The van der Waals surface area contributed by atoms with Crippen LogP contribution >= 0.6 is 0 Å². The Bertz CT molecular complexity index is 973. The van der Waals surface area contributed by atoms with Gasteiger partial charge in [-0.25, -0.2) is 4.99 Å². The molecule has 0 bridgehead atoms. The zero-order chi connectivity index (χ0) is 20.9. The second kappa shape index (κ2) is 8.74. The van der Waals surface area contributed by atoms with Gasteiger partial charge in [0.05, 0.1) is 18.1 Å². The SMILES string of the molecule is NCC(Cc1ccccc1)[n+]1cc(N=C([O-])Nc2cccc(C(F)(F)F)c2)on1. The molecule has 1 aromatic heterocycles. The second-order valence-electron chi connectivity index (χ2n) is 6.22. The largest absolute Gasteiger partial charge is 0.846 e. The van der Waals surface area contributed by atoms with E-state index in [1.54, 1.807) is 0 Å². The maximum absolute atomic E-state index is 12.7. The van der Waals surface area contributed by atoms with Crippen molar-refractivity contribution in [3.05, 3.63) is 71.9 Å². The Morgan fingerprint density at radius 2 is 1.97 bits per heavy atom. The Balaban J connectivity index is 1.70. The molecule has 0 fully saturated rings. The first-order valence-corrected chi connectivity index (χ1v) is 8.67. The van der Waals surface area contributed by atoms with Gasteiger partial charge in [-0.05, 0) is 28.4 Å². The molecular formula is C19H18F3N5O2. The van der Waals surface area contributed by atoms with Crippen molar-refractivity contribution in [1.82, 2.24) is 5.27 Å². The molecular weight excluding hydrogens is 387 g/mol. The lowest BCUT2D eigenvalue weighted by Gasteiger charge is -2.14. The predicted molar refractivity (Wildman–Crippen MR) is 97.1 cm³/mol. The minimum atomic E-state index is -4.51. The molecule has 7 nitrogen and oxygen atoms in total. The number of benzene rings is 2. The Kier molecular flexibility index (Phi) is 6.13. The van der Waals surface area contributed by atoms with E-state index in [9.17, 15) is 18.3 Å². The van der Waals surface area contributed by atoms with Crippen LogP contribution in [0, 0.1) is 0 Å². The van der Waals surface area contributed by atoms with Gasteiger partial charge >= 0.3 is 12.1 Å². The van der Waals surface area contributed by atoms with Crippen molar-refractivity contribution in [3.63, 3.8) is 0 Å². The summed E-state index contributed by atoms with van der Waals surface area (Å²) >= 11 is 0. The number of nitrogens with one attached hydrogen (secondary N) is 1. The highest BCUT2D eigenvalue weighted by Crippen LogP contribution is 2.30. The van der Waals surface area contributed by atoms with E-state index in [1.807, 2.05) is 30.3 Å². The molecule has 0 spiro atoms. The van der Waals surface area contributed by atoms with Gasteiger partial charge < -0.3 is 16.2 Å². The number of aromatic nitrogens is 2. The fourth-order valence-electron chi connectivity index (χ4n) is 2.67. The van der Waals surface area contributed by atoms with Crippen LogP contribution in [0.1, 0.15) is 17.2 Å². The standard InChI is InChI=1S/C19H18F3N5O2/c20-19(21,22)14-7-4-8-15(10-14)24-18(28)25-17-12-27(26-29-17)16(11-23)9-13-5-2-1-3-6-13/h1-8,10,12,16H,9,11,23H2,(H-,24,25,26,28). The van der Waals surface area contributed by atoms with Gasteiger partial charge in [0.1, 0.15) is 0 Å². The maximum Gasteiger partial charge on any atom is 0.416 e. The highest BCUT2D eigenvalue weighted by Gasteiger charge is 2.30. The third-order valence-corrected chi connectivity index (χ3v) is 4.08. The Morgan fingerprint density at radius 1 is 1.21 bits per heavy atom. The number of nitrogens with zero attached hydrogens (tertiary/aromatic N) is 3. The number of hydrogen-bond donors (Lipinski definition) is 2. The number of rotatable bonds is 6. The highest BCUT2D eigenvalue weighted by atomic mass is 19.4. The Labute approximate surface area is 164 Å². The zero-order valence-electron chi connectivity index (χ0n) is 15.1. The number of alkyl halides is 3. The van der Waals surface area contributed by atoms with E-state index in [0.717, 1.165) is 17.7 Å². The molecule has 0 amide bonds. The number of amidine groups is 1. The monoisotopic (exact) mass is 405 g/mol. The van der Waals surface area contributed by atoms with Gasteiger partial charge in [0.25, 0.3) is 6.20 Å². The van der Waals surface area contributed by atoms with Crippen molar-refractivity contribution in [2.24, 2.45) is 10.7 Å². The molecule has 10 heteroatoms. The Hall–Kier alpha value is -3.40. The molecule has 0 aliphatic carbocycles. The first-order valence-electron chi connectivity index (χ1n) is 8.67. The summed E-state index contributed by atoms with van der Waals surface area (Å²) in [5.41, 5.74) is 5.95. The van der Waals surface area contributed by atoms with Gasteiger partial charge in [-0.15, -0.1) is 0 Å². The molecule has 0 aliphatic rings. The van der Waals surface area contributed by atoms with Crippen LogP contribution < -0.4 is 20.8 Å². The molecule has 1 heterocycles. The third kappa shape index (κ3) is 5.55. The molecule has 2 aromatic carbocycles. The fourth-order valence-corrected chi connectivity index (χ4v) is 2.67. The molecule has 29 heavy (non-hydrogen) atoms. The van der Waals surface area contributed by atoms with Crippen molar-refractivity contribution in [1.29, 1.82) is 0 Å². The van der Waals surface area contributed by atoms with E-state index in [4.69, 9.17) is 10.3 Å². The van der Waals surface area contributed by atoms with Gasteiger partial charge in [-0.2, -0.15) is 13.2 Å². The molecule has 3 N–H and O–H groups in total. The molecule has 1 unspecified atom stereocenters. The van der Waals surface area contributed by atoms with E-state index >= 15 is 0 Å². The Morgan fingerprint density at radius 3 is 2.66 bits per heavy atom. The fraction of sp³-hybridized carbons (Fsp3) is 0.211. The van der Waals surface area contributed by atoms with Crippen molar-refractivity contribution < 1.29 is 27.5 Å². The van der Waals surface area contributed by atoms with Crippen molar-refractivity contribution in [2.75, 3.05) is 11.9 Å². The molecule has 1 atom stereocenters. The molecule has 0 saturated carbocycles. The summed E-state index contributed by atoms with van der Waals surface area (Å²) in [7, 11) is 0. The minimum absolute atomic E-state index is 0.0371. The van der Waals surface area contributed by atoms with Gasteiger partial charge in [0.15, 0.2) is 0 Å². The lowest BCUT2D eigenvalue weighted by molar-refractivity contribution is -0.782. The van der Waals surface area contributed by atoms with Crippen LogP contribution in [0.15, 0.2) is 70.3 Å². The zero-order valence-corrected chi connectivity index (χ0v) is 15.1. The van der Waals surface area contributed by atoms with E-state index in [1.165, 1.54) is 23.0 Å². The average Bonchev–Trinajstić information content (AvgIpc) is 3.14. The molecule has 0 saturated heterocycles. The first kappa shape index (κ1) is 20.3. The summed E-state index contributed by atoms with van der Waals surface area (Å²) in [6.07, 6.45) is -2.50. The maximum atomic E-state index is 12.7. The molecule has 3 rings (SSSR count). The summed E-state index contributed by atoms with van der Waals surface area (Å²) in [6.45, 7) is 0.280. The number of anilines is 1. The van der Waals surface area contributed by atoms with E-state index in [0.29, 0.717) is 6.42 Å². The number of aliphatic imine (C=N–C) groups is 1. The molecule has 3 aromatic rings. The van der Waals surface area contributed by atoms with Crippen LogP contribution in [0.2, 0.25) is 0 Å². The van der Waals surface area contributed by atoms with Gasteiger partial charge in [-0.1, -0.05) is 36.4 Å². The molecule has 0 radical (unpaired) electrons. The van der Waals surface area contributed by atoms with E-state index < -0.39 is 17.8 Å². The molecule has 152 valence electrons. The predicted octanol–water partition coefficient (Wildman–Crippen LogP) is 2.18. The van der Waals surface area contributed by atoms with Crippen LogP contribution in [-0.2, 0) is 12.6 Å². The third-order valence-electron chi connectivity index (χ3n) is 4.08. The van der Waals surface area contributed by atoms with E-state index in [2.05, 4.69) is 15.6 Å². The van der Waals surface area contributed by atoms with Crippen LogP contribution in [-0.4, -0.2) is 17.8 Å². The summed E-state index contributed by atoms with van der Waals surface area (Å²) < 4.78 is 44.7. The highest BCUT2D eigenvalue weighted by molar-refractivity contribution is 5.87. The quantitative estimate of drug-likeness (QED) is 0.372. The normalized spacial score (nSPS) is 13.3. The summed E-state index contributed by atoms with van der Waals surface area (Å²) in [4.78, 5) is 3.67. The van der Waals surface area contributed by atoms with Gasteiger partial charge in [-0.3, -0.25) is 4.52 Å². The summed E-state index contributed by atoms with van der Waals surface area (Å²) in [5, 5.41) is 18.1. The van der Waals surface area contributed by atoms with Crippen molar-refractivity contribution in [3.8, 4) is 0 Å². The first-order chi connectivity index (χ1) is 13.8. The average molecular weight is 405 g/mol. The van der Waals surface area contributed by atoms with Gasteiger partial charge in [0.2, 0.25) is 11.3 Å². The minimum Gasteiger partial charge on any atom is -0.846 e. The smallest absolute Gasteiger partial charge is 0.416 e. The lowest BCUT2D eigenvalue weighted by Crippen LogP contribution is -2.45. The lowest BCUT2D eigenvalue weighted by atomic mass is 10.1. The van der Waals surface area contributed by atoms with Gasteiger partial charge in [0, 0.05) is 12.1 Å². The van der Waals surface area contributed by atoms with Crippen LogP contribution in [0.3, 0.4) is 0 Å². The van der Waals surface area contributed by atoms with E-state index in [-0.39, 0.29) is 24.2 Å². The van der Waals surface area contributed by atoms with Crippen LogP contribution in [0.4, 0.5) is 24.7 Å². The summed E-state index contributed by atoms with van der Waals surface area (Å²) in [5.74, 6) is -0.0963.